The van der Waals surface area contributed by atoms with E-state index in [9.17, 15) is 15.1 Å². The molecule has 1 aromatic carbocycles. The summed E-state index contributed by atoms with van der Waals surface area (Å²) in [6.45, 7) is 3.59. The number of rotatable bonds is 4. The molecule has 0 aliphatic heterocycles. The summed E-state index contributed by atoms with van der Waals surface area (Å²) in [6, 6.07) is 8.85. The van der Waals surface area contributed by atoms with Crippen molar-refractivity contribution in [2.75, 3.05) is 5.32 Å². The third kappa shape index (κ3) is 4.07. The van der Waals surface area contributed by atoms with E-state index in [1.807, 2.05) is 29.9 Å². The first-order valence-electron chi connectivity index (χ1n) is 11.0. The summed E-state index contributed by atoms with van der Waals surface area (Å²) in [4.78, 5) is 17.2. The molecule has 1 saturated carbocycles. The second kappa shape index (κ2) is 8.00. The third-order valence-corrected chi connectivity index (χ3v) is 6.37. The maximum atomic E-state index is 13.0. The lowest BCUT2D eigenvalue weighted by Crippen LogP contribution is -2.42. The Morgan fingerprint density at radius 3 is 2.82 bits per heavy atom. The molecule has 1 amide bonds. The molecule has 9 nitrogen and oxygen atoms in total. The molecule has 170 valence electrons. The van der Waals surface area contributed by atoms with Gasteiger partial charge in [-0.2, -0.15) is 5.10 Å². The van der Waals surface area contributed by atoms with Gasteiger partial charge in [-0.05, 0) is 50.8 Å². The van der Waals surface area contributed by atoms with E-state index in [1.54, 1.807) is 31.3 Å². The monoisotopic (exact) mass is 448 g/mol. The van der Waals surface area contributed by atoms with Gasteiger partial charge in [-0.1, -0.05) is 0 Å². The lowest BCUT2D eigenvalue weighted by Gasteiger charge is -2.33. The van der Waals surface area contributed by atoms with Crippen molar-refractivity contribution in [1.29, 1.82) is 0 Å². The molecular weight excluding hydrogens is 422 g/mol. The second-order valence-electron chi connectivity index (χ2n) is 8.95. The number of hydrogen-bond donors (Lipinski definition) is 3. The molecule has 1 fully saturated rings. The van der Waals surface area contributed by atoms with Crippen LogP contribution in [0.2, 0.25) is 0 Å². The van der Waals surface area contributed by atoms with Crippen molar-refractivity contribution in [1.82, 2.24) is 14.8 Å². The van der Waals surface area contributed by atoms with Crippen molar-refractivity contribution >= 4 is 22.5 Å². The number of hydrogen-bond acceptors (Lipinski definition) is 6. The minimum atomic E-state index is -0.613. The van der Waals surface area contributed by atoms with E-state index < -0.39 is 11.5 Å². The number of carbonyl (C=O) groups is 1. The Kier molecular flexibility index (Phi) is 5.13. The second-order valence-corrected chi connectivity index (χ2v) is 8.95. The van der Waals surface area contributed by atoms with Gasteiger partial charge in [0.15, 0.2) is 0 Å². The Hall–Kier alpha value is -3.72. The quantitative estimate of drug-likeness (QED) is 0.324. The number of aryl methyl sites for hydroxylation is 1. The fourth-order valence-corrected chi connectivity index (χ4v) is 4.37. The summed E-state index contributed by atoms with van der Waals surface area (Å²) in [5, 5.41) is 29.0. The minimum absolute atomic E-state index is 0.110. The zero-order valence-electron chi connectivity index (χ0n) is 18.5. The average Bonchev–Trinajstić information content (AvgIpc) is 3.44. The van der Waals surface area contributed by atoms with Crippen LogP contribution in [0, 0.1) is 6.92 Å². The number of anilines is 1. The number of fused-ring (bicyclic) bond motifs is 1. The van der Waals surface area contributed by atoms with Gasteiger partial charge in [-0.3, -0.25) is 14.7 Å². The number of nitrogens with one attached hydrogen (secondary N) is 1. The fourth-order valence-electron chi connectivity index (χ4n) is 4.37. The van der Waals surface area contributed by atoms with E-state index in [-0.39, 0.29) is 11.7 Å². The van der Waals surface area contributed by atoms with Crippen molar-refractivity contribution in [2.45, 2.75) is 51.2 Å². The van der Waals surface area contributed by atoms with E-state index in [0.717, 1.165) is 41.3 Å². The smallest absolute Gasteiger partial charge is 0.325 e. The van der Waals surface area contributed by atoms with Gasteiger partial charge >= 0.3 is 11.6 Å². The average molecular weight is 449 g/mol. The van der Waals surface area contributed by atoms with E-state index in [1.165, 1.54) is 6.26 Å². The van der Waals surface area contributed by atoms with Crippen LogP contribution in [-0.4, -0.2) is 36.6 Å². The van der Waals surface area contributed by atoms with E-state index in [4.69, 9.17) is 9.52 Å². The predicted octanol–water partition coefficient (Wildman–Crippen LogP) is 3.64. The van der Waals surface area contributed by atoms with Crippen LogP contribution in [0.5, 0.6) is 0 Å². The van der Waals surface area contributed by atoms with Gasteiger partial charge in [0.25, 0.3) is 0 Å². The number of pyridine rings is 1. The van der Waals surface area contributed by atoms with E-state index in [0.29, 0.717) is 22.8 Å². The summed E-state index contributed by atoms with van der Waals surface area (Å²) < 4.78 is 8.31. The van der Waals surface area contributed by atoms with Crippen molar-refractivity contribution in [3.63, 3.8) is 0 Å². The van der Waals surface area contributed by atoms with Gasteiger partial charge in [0.05, 0.1) is 34.6 Å². The molecule has 3 heterocycles. The molecule has 1 aliphatic rings. The van der Waals surface area contributed by atoms with Gasteiger partial charge in [0, 0.05) is 35.4 Å². The number of nitrogens with zero attached hydrogens (tertiary/aromatic N) is 4. The fraction of sp³-hybridized carbons (Fsp3) is 0.333. The Labute approximate surface area is 190 Å². The van der Waals surface area contributed by atoms with Crippen LogP contribution < -0.4 is 10.0 Å². The standard InChI is InChI=1S/C24H25N5O4/c1-15-4-3-5-21(29(15)32)22(30)26-20-12-16-14-28(17-6-8-24(2,31)9-7-17)27-19(16)13-18(20)23-25-10-11-33-23/h3-5,10-14,17,31H,6-9H2,1-2H3,(H-,26,30,32)/p+1. The summed E-state index contributed by atoms with van der Waals surface area (Å²) in [6.07, 6.45) is 8.14. The maximum Gasteiger partial charge on any atom is 0.325 e. The molecule has 0 saturated heterocycles. The molecule has 5 rings (SSSR count). The van der Waals surface area contributed by atoms with Gasteiger partial charge in [-0.25, -0.2) is 4.98 Å². The highest BCUT2D eigenvalue weighted by Crippen LogP contribution is 2.36. The normalized spacial score (nSPS) is 20.8. The van der Waals surface area contributed by atoms with Crippen molar-refractivity contribution in [3.8, 4) is 11.5 Å². The van der Waals surface area contributed by atoms with Crippen LogP contribution in [-0.2, 0) is 0 Å². The van der Waals surface area contributed by atoms with Crippen molar-refractivity contribution in [2.24, 2.45) is 0 Å². The van der Waals surface area contributed by atoms with Gasteiger partial charge in [-0.15, -0.1) is 0 Å². The number of oxazole rings is 1. The van der Waals surface area contributed by atoms with Gasteiger partial charge < -0.3 is 14.8 Å². The lowest BCUT2D eigenvalue weighted by molar-refractivity contribution is -0.909. The number of carbonyl (C=O) groups excluding carboxylic acids is 1. The predicted molar refractivity (Wildman–Crippen MR) is 120 cm³/mol. The summed E-state index contributed by atoms with van der Waals surface area (Å²) in [7, 11) is 0. The number of benzene rings is 1. The molecule has 0 atom stereocenters. The van der Waals surface area contributed by atoms with Crippen molar-refractivity contribution in [3.05, 3.63) is 60.4 Å². The summed E-state index contributed by atoms with van der Waals surface area (Å²) in [5.41, 5.74) is 1.89. The van der Waals surface area contributed by atoms with E-state index in [2.05, 4.69) is 10.3 Å². The van der Waals surface area contributed by atoms with Gasteiger partial charge in [0.1, 0.15) is 6.26 Å². The largest absolute Gasteiger partial charge is 0.444 e. The van der Waals surface area contributed by atoms with Crippen LogP contribution >= 0.6 is 0 Å². The first kappa shape index (κ1) is 21.1. The summed E-state index contributed by atoms with van der Waals surface area (Å²) in [5.74, 6) is -0.105. The molecule has 33 heavy (non-hydrogen) atoms. The number of amides is 1. The van der Waals surface area contributed by atoms with Crippen molar-refractivity contribution < 1.29 is 24.3 Å². The first-order valence-corrected chi connectivity index (χ1v) is 11.0. The molecule has 1 aliphatic carbocycles. The highest BCUT2D eigenvalue weighted by molar-refractivity contribution is 6.05. The lowest BCUT2D eigenvalue weighted by atomic mass is 9.84. The van der Waals surface area contributed by atoms with Gasteiger partial charge in [0.2, 0.25) is 11.6 Å². The zero-order chi connectivity index (χ0) is 23.2. The number of aromatic nitrogens is 4. The molecule has 0 spiro atoms. The maximum absolute atomic E-state index is 13.0. The van der Waals surface area contributed by atoms with Crippen LogP contribution in [0.3, 0.4) is 0 Å². The zero-order valence-corrected chi connectivity index (χ0v) is 18.5. The Balaban J connectivity index is 1.52. The van der Waals surface area contributed by atoms with Crippen LogP contribution in [0.1, 0.15) is 54.8 Å². The van der Waals surface area contributed by atoms with E-state index >= 15 is 0 Å². The molecule has 4 aromatic rings. The molecule has 3 N–H and O–H groups in total. The topological polar surface area (TPSA) is 117 Å². The minimum Gasteiger partial charge on any atom is -0.444 e. The SMILES string of the molecule is Cc1cccc(C(=O)Nc2cc3cn(C4CCC(C)(O)CC4)nc3cc2-c2ncco2)[n+]1O. The highest BCUT2D eigenvalue weighted by atomic mass is 16.5. The first-order chi connectivity index (χ1) is 15.8. The summed E-state index contributed by atoms with van der Waals surface area (Å²) >= 11 is 0. The highest BCUT2D eigenvalue weighted by Gasteiger charge is 2.30. The molecule has 0 bridgehead atoms. The molecule has 9 heteroatoms. The Bertz CT molecular complexity index is 1320. The molecular formula is C24H26N5O4+. The van der Waals surface area contributed by atoms with Crippen LogP contribution in [0.15, 0.2) is 53.4 Å². The molecule has 0 radical (unpaired) electrons. The van der Waals surface area contributed by atoms with Crippen LogP contribution in [0.4, 0.5) is 5.69 Å². The third-order valence-electron chi connectivity index (χ3n) is 6.37. The molecule has 3 aromatic heterocycles. The molecule has 0 unspecified atom stereocenters. The van der Waals surface area contributed by atoms with Crippen LogP contribution in [0.25, 0.3) is 22.4 Å². The number of aliphatic hydroxyl groups is 1. The Morgan fingerprint density at radius 2 is 2.09 bits per heavy atom. The Morgan fingerprint density at radius 1 is 1.30 bits per heavy atom.